The number of rotatable bonds is 7. The van der Waals surface area contributed by atoms with Gasteiger partial charge < -0.3 is 15.3 Å². The summed E-state index contributed by atoms with van der Waals surface area (Å²) in [5.41, 5.74) is 1.74. The quantitative estimate of drug-likeness (QED) is 0.412. The van der Waals surface area contributed by atoms with Gasteiger partial charge in [0.05, 0.1) is 6.04 Å². The molecule has 0 aliphatic carbocycles. The van der Waals surface area contributed by atoms with E-state index in [-0.39, 0.29) is 37.4 Å². The van der Waals surface area contributed by atoms with Gasteiger partial charge in [-0.15, -0.1) is 0 Å². The van der Waals surface area contributed by atoms with Gasteiger partial charge in [0, 0.05) is 30.9 Å². The van der Waals surface area contributed by atoms with Gasteiger partial charge in [-0.2, -0.15) is 0 Å². The third-order valence-corrected chi connectivity index (χ3v) is 6.37. The molecular weight excluding hydrogens is 468 g/mol. The van der Waals surface area contributed by atoms with Crippen LogP contribution in [0.2, 0.25) is 0 Å². The van der Waals surface area contributed by atoms with E-state index >= 15 is 0 Å². The topological polar surface area (TPSA) is 94.9 Å². The van der Waals surface area contributed by atoms with E-state index < -0.39 is 17.1 Å². The van der Waals surface area contributed by atoms with Crippen LogP contribution in [0.1, 0.15) is 38.0 Å². The molecule has 4 aromatic rings. The molecule has 0 bridgehead atoms. The van der Waals surface area contributed by atoms with Crippen molar-refractivity contribution in [2.75, 3.05) is 24.8 Å². The second kappa shape index (κ2) is 10.4. The fourth-order valence-electron chi connectivity index (χ4n) is 4.57. The summed E-state index contributed by atoms with van der Waals surface area (Å²) in [6, 6.07) is 29.4. The van der Waals surface area contributed by atoms with Gasteiger partial charge in [0.2, 0.25) is 5.43 Å². The Kier molecular flexibility index (Phi) is 6.72. The molecule has 0 spiro atoms. The number of nitrogens with zero attached hydrogens (tertiary/aromatic N) is 3. The Hall–Kier alpha value is -4.85. The highest BCUT2D eigenvalue weighted by atomic mass is 16.3. The summed E-state index contributed by atoms with van der Waals surface area (Å²) in [5.74, 6) is -1.33. The second-order valence-corrected chi connectivity index (χ2v) is 8.72. The van der Waals surface area contributed by atoms with E-state index in [4.69, 9.17) is 0 Å². The molecule has 0 saturated carbocycles. The van der Waals surface area contributed by atoms with Crippen LogP contribution in [0.15, 0.2) is 108 Å². The SMILES string of the molecule is O=C(NCCN1CN(C(c2ccccc2)c2ccccc2)n2ccc(=O)c(O)c2C1=O)c1ccccc1. The van der Waals surface area contributed by atoms with Gasteiger partial charge in [0.15, 0.2) is 11.4 Å². The highest BCUT2D eigenvalue weighted by Crippen LogP contribution is 2.31. The third-order valence-electron chi connectivity index (χ3n) is 6.37. The first-order valence-corrected chi connectivity index (χ1v) is 12.0. The predicted molar refractivity (Wildman–Crippen MR) is 140 cm³/mol. The minimum absolute atomic E-state index is 0.106. The first-order valence-electron chi connectivity index (χ1n) is 12.0. The zero-order chi connectivity index (χ0) is 25.8. The molecule has 2 N–H and O–H groups in total. The molecule has 0 unspecified atom stereocenters. The molecule has 0 atom stereocenters. The number of amides is 2. The number of hydrogen-bond acceptors (Lipinski definition) is 5. The van der Waals surface area contributed by atoms with E-state index in [1.165, 1.54) is 17.2 Å². The molecule has 8 nitrogen and oxygen atoms in total. The molecule has 1 aliphatic heterocycles. The van der Waals surface area contributed by atoms with E-state index in [2.05, 4.69) is 5.32 Å². The second-order valence-electron chi connectivity index (χ2n) is 8.72. The van der Waals surface area contributed by atoms with Crippen LogP contribution in [0.4, 0.5) is 0 Å². The maximum atomic E-state index is 13.4. The van der Waals surface area contributed by atoms with E-state index in [9.17, 15) is 19.5 Å². The zero-order valence-corrected chi connectivity index (χ0v) is 20.0. The van der Waals surface area contributed by atoms with Crippen LogP contribution < -0.4 is 15.8 Å². The average molecular weight is 495 g/mol. The van der Waals surface area contributed by atoms with Crippen molar-refractivity contribution in [2.24, 2.45) is 0 Å². The number of carbonyl (C=O) groups excluding carboxylic acids is 2. The molecule has 0 fully saturated rings. The molecule has 186 valence electrons. The van der Waals surface area contributed by atoms with Gasteiger partial charge in [-0.1, -0.05) is 78.9 Å². The standard InChI is InChI=1S/C29H26N4O4/c34-24-16-18-32-26(27(24)35)29(37)31(19-17-30-28(36)23-14-8-3-9-15-23)20-33(32)25(21-10-4-1-5-11-21)22-12-6-2-7-13-22/h1-16,18,25,35H,17,19-20H2,(H,30,36). The first-order chi connectivity index (χ1) is 18.0. The Morgan fingerprint density at radius 1 is 0.838 bits per heavy atom. The maximum Gasteiger partial charge on any atom is 0.277 e. The number of benzene rings is 3. The van der Waals surface area contributed by atoms with Crippen LogP contribution in [0.3, 0.4) is 0 Å². The predicted octanol–water partition coefficient (Wildman–Crippen LogP) is 3.12. The van der Waals surface area contributed by atoms with Gasteiger partial charge in [-0.3, -0.25) is 24.1 Å². The number of hydrogen-bond donors (Lipinski definition) is 2. The fraction of sp³-hybridized carbons (Fsp3) is 0.138. The normalized spacial score (nSPS) is 12.9. The lowest BCUT2D eigenvalue weighted by atomic mass is 9.98. The van der Waals surface area contributed by atoms with E-state index in [1.54, 1.807) is 28.9 Å². The minimum atomic E-state index is -0.630. The van der Waals surface area contributed by atoms with Crippen molar-refractivity contribution in [1.82, 2.24) is 14.9 Å². The molecule has 2 amide bonds. The number of fused-ring (bicyclic) bond motifs is 1. The summed E-state index contributed by atoms with van der Waals surface area (Å²) in [6.45, 7) is 0.559. The number of pyridine rings is 1. The van der Waals surface area contributed by atoms with E-state index in [1.807, 2.05) is 71.7 Å². The highest BCUT2D eigenvalue weighted by Gasteiger charge is 2.36. The Bertz CT molecular complexity index is 1420. The van der Waals surface area contributed by atoms with Crippen LogP contribution in [0.25, 0.3) is 0 Å². The summed E-state index contributed by atoms with van der Waals surface area (Å²) in [6.07, 6.45) is 1.52. The van der Waals surface area contributed by atoms with Gasteiger partial charge >= 0.3 is 0 Å². The minimum Gasteiger partial charge on any atom is -0.502 e. The summed E-state index contributed by atoms with van der Waals surface area (Å²) in [5, 5.41) is 15.4. The summed E-state index contributed by atoms with van der Waals surface area (Å²) in [7, 11) is 0. The maximum absolute atomic E-state index is 13.4. The third kappa shape index (κ3) is 4.81. The van der Waals surface area contributed by atoms with Crippen molar-refractivity contribution in [1.29, 1.82) is 0 Å². The molecular formula is C29H26N4O4. The number of carbonyl (C=O) groups is 2. The summed E-state index contributed by atoms with van der Waals surface area (Å²) < 4.78 is 1.56. The summed E-state index contributed by atoms with van der Waals surface area (Å²) in [4.78, 5) is 39.8. The van der Waals surface area contributed by atoms with Crippen molar-refractivity contribution in [3.63, 3.8) is 0 Å². The van der Waals surface area contributed by atoms with Gasteiger partial charge in [0.1, 0.15) is 6.67 Å². The van der Waals surface area contributed by atoms with E-state index in [0.717, 1.165) is 11.1 Å². The van der Waals surface area contributed by atoms with Crippen LogP contribution in [0, 0.1) is 0 Å². The molecule has 2 heterocycles. The van der Waals surface area contributed by atoms with Crippen molar-refractivity contribution in [3.8, 4) is 5.75 Å². The molecule has 0 radical (unpaired) electrons. The first kappa shape index (κ1) is 23.9. The van der Waals surface area contributed by atoms with Crippen molar-refractivity contribution < 1.29 is 14.7 Å². The monoisotopic (exact) mass is 494 g/mol. The average Bonchev–Trinajstić information content (AvgIpc) is 2.94. The lowest BCUT2D eigenvalue weighted by Crippen LogP contribution is -2.56. The lowest BCUT2D eigenvalue weighted by Gasteiger charge is -2.44. The fourth-order valence-corrected chi connectivity index (χ4v) is 4.57. The van der Waals surface area contributed by atoms with E-state index in [0.29, 0.717) is 5.56 Å². The molecule has 37 heavy (non-hydrogen) atoms. The lowest BCUT2D eigenvalue weighted by molar-refractivity contribution is 0.0675. The molecule has 1 aliphatic rings. The molecule has 1 aromatic heterocycles. The number of nitrogens with one attached hydrogen (secondary N) is 1. The zero-order valence-electron chi connectivity index (χ0n) is 20.0. The van der Waals surface area contributed by atoms with Crippen molar-refractivity contribution in [3.05, 3.63) is 136 Å². The van der Waals surface area contributed by atoms with Crippen molar-refractivity contribution in [2.45, 2.75) is 6.04 Å². The Morgan fingerprint density at radius 2 is 1.41 bits per heavy atom. The van der Waals surface area contributed by atoms with Gasteiger partial charge in [0.25, 0.3) is 11.8 Å². The summed E-state index contributed by atoms with van der Waals surface area (Å²) >= 11 is 0. The molecule has 5 rings (SSSR count). The van der Waals surface area contributed by atoms with Crippen LogP contribution in [0.5, 0.6) is 5.75 Å². The molecule has 0 saturated heterocycles. The smallest absolute Gasteiger partial charge is 0.277 e. The van der Waals surface area contributed by atoms with Gasteiger partial charge in [-0.05, 0) is 23.3 Å². The van der Waals surface area contributed by atoms with Crippen LogP contribution >= 0.6 is 0 Å². The van der Waals surface area contributed by atoms with Crippen molar-refractivity contribution >= 4 is 11.8 Å². The molecule has 8 heteroatoms. The van der Waals surface area contributed by atoms with Crippen LogP contribution in [-0.4, -0.2) is 46.3 Å². The van der Waals surface area contributed by atoms with Crippen LogP contribution in [-0.2, 0) is 0 Å². The highest BCUT2D eigenvalue weighted by molar-refractivity contribution is 5.96. The Morgan fingerprint density at radius 3 is 2.00 bits per heavy atom. The molecule has 3 aromatic carbocycles. The Labute approximate surface area is 214 Å². The Balaban J connectivity index is 1.50. The number of aromatic hydroxyl groups is 1. The van der Waals surface area contributed by atoms with Gasteiger partial charge in [-0.25, -0.2) is 0 Å². The number of aromatic nitrogens is 1. The largest absolute Gasteiger partial charge is 0.502 e.